The van der Waals surface area contributed by atoms with Crippen molar-refractivity contribution in [3.8, 4) is 11.4 Å². The van der Waals surface area contributed by atoms with Gasteiger partial charge < -0.3 is 13.9 Å². The highest BCUT2D eigenvalue weighted by molar-refractivity contribution is 7.71. The van der Waals surface area contributed by atoms with Gasteiger partial charge in [-0.15, -0.1) is 0 Å². The third kappa shape index (κ3) is 3.76. The minimum Gasteiger partial charge on any atom is -0.469 e. The molecule has 0 aliphatic carbocycles. The minimum absolute atomic E-state index is 0.371. The van der Waals surface area contributed by atoms with Gasteiger partial charge in [0.05, 0.1) is 38.3 Å². The third-order valence-corrected chi connectivity index (χ3v) is 6.40. The van der Waals surface area contributed by atoms with Crippen LogP contribution in [0.15, 0.2) is 47.1 Å². The Morgan fingerprint density at radius 3 is 2.47 bits per heavy atom. The Morgan fingerprint density at radius 2 is 1.80 bits per heavy atom. The lowest BCUT2D eigenvalue weighted by molar-refractivity contribution is -0.187. The van der Waals surface area contributed by atoms with E-state index in [-0.39, 0.29) is 5.79 Å². The van der Waals surface area contributed by atoms with E-state index < -0.39 is 0 Å². The van der Waals surface area contributed by atoms with E-state index in [0.29, 0.717) is 31.2 Å². The van der Waals surface area contributed by atoms with Crippen LogP contribution in [0.3, 0.4) is 0 Å². The molecule has 0 radical (unpaired) electrons. The molecule has 1 spiro atoms. The quantitative estimate of drug-likeness (QED) is 0.578. The molecule has 2 fully saturated rings. The number of nitrogens with zero attached hydrogens (tertiary/aromatic N) is 4. The Bertz CT molecular complexity index is 1060. The SMILES string of the molecule is Cc1occc1-c1nn(CN2CCC3(CC2)OCCO3)c(=S)n1Cc1ccccc1. The van der Waals surface area contributed by atoms with Crippen LogP contribution in [-0.2, 0) is 22.7 Å². The number of hydrogen-bond acceptors (Lipinski definition) is 6. The predicted molar refractivity (Wildman–Crippen MR) is 114 cm³/mol. The highest BCUT2D eigenvalue weighted by atomic mass is 32.1. The van der Waals surface area contributed by atoms with Crippen LogP contribution in [0.4, 0.5) is 0 Å². The van der Waals surface area contributed by atoms with Gasteiger partial charge in [0.25, 0.3) is 0 Å². The fourth-order valence-electron chi connectivity index (χ4n) is 4.27. The number of rotatable bonds is 5. The number of likely N-dealkylation sites (tertiary alicyclic amines) is 1. The van der Waals surface area contributed by atoms with Crippen molar-refractivity contribution in [2.45, 2.75) is 38.8 Å². The fourth-order valence-corrected chi connectivity index (χ4v) is 4.52. The second-order valence-corrected chi connectivity index (χ2v) is 8.30. The summed E-state index contributed by atoms with van der Waals surface area (Å²) in [5.41, 5.74) is 2.16. The maximum absolute atomic E-state index is 5.86. The number of piperidine rings is 1. The highest BCUT2D eigenvalue weighted by Crippen LogP contribution is 2.31. The summed E-state index contributed by atoms with van der Waals surface area (Å²) in [6, 6.07) is 12.3. The molecule has 5 rings (SSSR count). The summed E-state index contributed by atoms with van der Waals surface area (Å²) in [6.07, 6.45) is 3.45. The van der Waals surface area contributed by atoms with Crippen LogP contribution in [0, 0.1) is 11.7 Å². The molecular weight excluding hydrogens is 400 g/mol. The number of benzene rings is 1. The van der Waals surface area contributed by atoms with Crippen LogP contribution in [0.25, 0.3) is 11.4 Å². The van der Waals surface area contributed by atoms with Gasteiger partial charge in [-0.2, -0.15) is 5.10 Å². The molecule has 0 atom stereocenters. The maximum atomic E-state index is 5.86. The van der Waals surface area contributed by atoms with Crippen molar-refractivity contribution in [1.29, 1.82) is 0 Å². The molecule has 0 amide bonds. The molecule has 8 heteroatoms. The summed E-state index contributed by atoms with van der Waals surface area (Å²) >= 11 is 5.86. The second-order valence-electron chi connectivity index (χ2n) is 7.93. The third-order valence-electron chi connectivity index (χ3n) is 5.97. The smallest absolute Gasteiger partial charge is 0.199 e. The second kappa shape index (κ2) is 8.11. The molecule has 2 aliphatic rings. The zero-order chi connectivity index (χ0) is 20.6. The molecule has 158 valence electrons. The van der Waals surface area contributed by atoms with Crippen LogP contribution in [0.1, 0.15) is 24.2 Å². The Kier molecular flexibility index (Phi) is 5.32. The lowest BCUT2D eigenvalue weighted by Crippen LogP contribution is -2.45. The molecule has 0 bridgehead atoms. The van der Waals surface area contributed by atoms with E-state index in [1.165, 1.54) is 5.56 Å². The molecule has 2 aromatic heterocycles. The zero-order valence-corrected chi connectivity index (χ0v) is 17.9. The average Bonchev–Trinajstić information content (AvgIpc) is 3.47. The normalized spacial score (nSPS) is 19.0. The Balaban J connectivity index is 1.41. The number of ether oxygens (including phenoxy) is 2. The largest absolute Gasteiger partial charge is 0.469 e. The summed E-state index contributed by atoms with van der Waals surface area (Å²) < 4.78 is 22.0. The van der Waals surface area contributed by atoms with Crippen molar-refractivity contribution in [2.75, 3.05) is 26.3 Å². The molecule has 0 N–H and O–H groups in total. The summed E-state index contributed by atoms with van der Waals surface area (Å²) in [4.78, 5) is 2.36. The summed E-state index contributed by atoms with van der Waals surface area (Å²) in [5, 5.41) is 4.90. The van der Waals surface area contributed by atoms with E-state index in [0.717, 1.165) is 43.1 Å². The molecule has 4 heterocycles. The molecule has 30 heavy (non-hydrogen) atoms. The van der Waals surface area contributed by atoms with E-state index in [2.05, 4.69) is 21.6 Å². The lowest BCUT2D eigenvalue weighted by Gasteiger charge is -2.37. The van der Waals surface area contributed by atoms with E-state index >= 15 is 0 Å². The monoisotopic (exact) mass is 426 g/mol. The summed E-state index contributed by atoms with van der Waals surface area (Å²) in [7, 11) is 0. The number of aryl methyl sites for hydroxylation is 1. The first-order valence-corrected chi connectivity index (χ1v) is 10.8. The average molecular weight is 427 g/mol. The van der Waals surface area contributed by atoms with E-state index in [4.69, 9.17) is 31.2 Å². The van der Waals surface area contributed by atoms with Crippen LogP contribution in [-0.4, -0.2) is 51.3 Å². The molecule has 2 saturated heterocycles. The standard InChI is InChI=1S/C22H26N4O3S/c1-17-19(7-12-27-17)20-23-26(21(30)25(20)15-18-5-3-2-4-6-18)16-24-10-8-22(9-11-24)28-13-14-29-22/h2-7,12H,8-11,13-16H2,1H3. The van der Waals surface area contributed by atoms with Crippen molar-refractivity contribution < 1.29 is 13.9 Å². The van der Waals surface area contributed by atoms with Gasteiger partial charge in [0.2, 0.25) is 0 Å². The van der Waals surface area contributed by atoms with Crippen LogP contribution >= 0.6 is 12.2 Å². The first-order chi connectivity index (χ1) is 14.6. The fraction of sp³-hybridized carbons (Fsp3) is 0.455. The van der Waals surface area contributed by atoms with Crippen LogP contribution in [0.5, 0.6) is 0 Å². The van der Waals surface area contributed by atoms with Crippen molar-refractivity contribution in [3.63, 3.8) is 0 Å². The van der Waals surface area contributed by atoms with Crippen molar-refractivity contribution >= 4 is 12.2 Å². The highest BCUT2D eigenvalue weighted by Gasteiger charge is 2.39. The topological polar surface area (TPSA) is 57.6 Å². The van der Waals surface area contributed by atoms with Crippen molar-refractivity contribution in [1.82, 2.24) is 19.2 Å². The van der Waals surface area contributed by atoms with Gasteiger partial charge in [0.1, 0.15) is 5.76 Å². The molecule has 3 aromatic rings. The molecule has 2 aliphatic heterocycles. The molecule has 1 aromatic carbocycles. The Hall–Kier alpha value is -2.26. The van der Waals surface area contributed by atoms with Gasteiger partial charge in [-0.25, -0.2) is 4.68 Å². The first kappa shape index (κ1) is 19.7. The van der Waals surface area contributed by atoms with E-state index in [9.17, 15) is 0 Å². The van der Waals surface area contributed by atoms with Gasteiger partial charge in [-0.1, -0.05) is 30.3 Å². The number of furan rings is 1. The first-order valence-electron chi connectivity index (χ1n) is 10.4. The Labute approximate surface area is 180 Å². The van der Waals surface area contributed by atoms with Gasteiger partial charge in [0, 0.05) is 25.9 Å². The predicted octanol–water partition coefficient (Wildman–Crippen LogP) is 3.83. The molecule has 7 nitrogen and oxygen atoms in total. The van der Waals surface area contributed by atoms with Gasteiger partial charge >= 0.3 is 0 Å². The van der Waals surface area contributed by atoms with Crippen LogP contribution < -0.4 is 0 Å². The molecule has 0 unspecified atom stereocenters. The lowest BCUT2D eigenvalue weighted by atomic mass is 10.0. The van der Waals surface area contributed by atoms with Crippen molar-refractivity contribution in [2.24, 2.45) is 0 Å². The summed E-state index contributed by atoms with van der Waals surface area (Å²) in [5.74, 6) is 1.31. The number of hydrogen-bond donors (Lipinski definition) is 0. The molecular formula is C22H26N4O3S. The minimum atomic E-state index is -0.371. The maximum Gasteiger partial charge on any atom is 0.199 e. The van der Waals surface area contributed by atoms with Gasteiger partial charge in [-0.05, 0) is 30.8 Å². The van der Waals surface area contributed by atoms with Crippen molar-refractivity contribution in [3.05, 3.63) is 58.8 Å². The molecule has 0 saturated carbocycles. The van der Waals surface area contributed by atoms with Crippen LogP contribution in [0.2, 0.25) is 0 Å². The van der Waals surface area contributed by atoms with E-state index in [1.807, 2.05) is 35.9 Å². The Morgan fingerprint density at radius 1 is 1.07 bits per heavy atom. The van der Waals surface area contributed by atoms with E-state index in [1.54, 1.807) is 6.26 Å². The summed E-state index contributed by atoms with van der Waals surface area (Å²) in [6.45, 7) is 6.46. The van der Waals surface area contributed by atoms with Gasteiger partial charge in [-0.3, -0.25) is 9.47 Å². The zero-order valence-electron chi connectivity index (χ0n) is 17.1. The van der Waals surface area contributed by atoms with Gasteiger partial charge in [0.15, 0.2) is 16.4 Å². The number of aromatic nitrogens is 3.